The number of carbonyl (C=O) groups is 1. The minimum absolute atomic E-state index is 0.494. The normalized spacial score (nSPS) is 19.4. The summed E-state index contributed by atoms with van der Waals surface area (Å²) in [7, 11) is 0. The molecule has 3 heteroatoms. The quantitative estimate of drug-likeness (QED) is 0.826. The standard InChI is InChI=1S/C15H22O2S/c1-2-12-7-8-13(18-12)11-15(14(16)17)9-5-3-4-6-10-15/h7-8H,2-6,9-11H2,1H3,(H,16,17). The van der Waals surface area contributed by atoms with Gasteiger partial charge in [-0.2, -0.15) is 0 Å². The zero-order chi connectivity index (χ0) is 13.0. The van der Waals surface area contributed by atoms with E-state index in [-0.39, 0.29) is 0 Å². The minimum Gasteiger partial charge on any atom is -0.481 e. The Morgan fingerprint density at radius 3 is 2.33 bits per heavy atom. The van der Waals surface area contributed by atoms with Crippen LogP contribution in [0.2, 0.25) is 0 Å². The second-order valence-corrected chi connectivity index (χ2v) is 6.65. The molecule has 0 saturated heterocycles. The molecule has 0 spiro atoms. The second-order valence-electron chi connectivity index (χ2n) is 5.40. The van der Waals surface area contributed by atoms with Gasteiger partial charge in [0, 0.05) is 9.75 Å². The van der Waals surface area contributed by atoms with Crippen LogP contribution in [0, 0.1) is 5.41 Å². The van der Waals surface area contributed by atoms with E-state index in [4.69, 9.17) is 0 Å². The van der Waals surface area contributed by atoms with Gasteiger partial charge in [0.05, 0.1) is 5.41 Å². The van der Waals surface area contributed by atoms with Gasteiger partial charge >= 0.3 is 5.97 Å². The van der Waals surface area contributed by atoms with Crippen molar-refractivity contribution < 1.29 is 9.90 Å². The smallest absolute Gasteiger partial charge is 0.309 e. The van der Waals surface area contributed by atoms with Crippen LogP contribution in [0.3, 0.4) is 0 Å². The zero-order valence-corrected chi connectivity index (χ0v) is 11.9. The van der Waals surface area contributed by atoms with Crippen LogP contribution in [0.4, 0.5) is 0 Å². The molecule has 0 aromatic carbocycles. The van der Waals surface area contributed by atoms with Gasteiger partial charge in [0.25, 0.3) is 0 Å². The lowest BCUT2D eigenvalue weighted by Gasteiger charge is -2.27. The number of carboxylic acids is 1. The molecule has 0 radical (unpaired) electrons. The van der Waals surface area contributed by atoms with Crippen molar-refractivity contribution >= 4 is 17.3 Å². The lowest BCUT2D eigenvalue weighted by atomic mass is 9.77. The van der Waals surface area contributed by atoms with E-state index >= 15 is 0 Å². The predicted octanol–water partition coefficient (Wildman–Crippen LogP) is 4.28. The van der Waals surface area contributed by atoms with E-state index < -0.39 is 11.4 Å². The van der Waals surface area contributed by atoms with Gasteiger partial charge in [0.15, 0.2) is 0 Å². The van der Waals surface area contributed by atoms with Crippen molar-refractivity contribution in [3.8, 4) is 0 Å². The molecular formula is C15H22O2S. The molecule has 0 amide bonds. The van der Waals surface area contributed by atoms with Crippen molar-refractivity contribution in [2.45, 2.75) is 58.3 Å². The molecule has 1 N–H and O–H groups in total. The molecule has 2 nitrogen and oxygen atoms in total. The number of carboxylic acid groups (broad SMARTS) is 1. The molecule has 0 bridgehead atoms. The highest BCUT2D eigenvalue weighted by molar-refractivity contribution is 7.12. The van der Waals surface area contributed by atoms with Gasteiger partial charge in [-0.3, -0.25) is 4.79 Å². The molecule has 100 valence electrons. The van der Waals surface area contributed by atoms with Crippen LogP contribution in [0.25, 0.3) is 0 Å². The van der Waals surface area contributed by atoms with Crippen LogP contribution in [0.5, 0.6) is 0 Å². The van der Waals surface area contributed by atoms with Gasteiger partial charge in [-0.1, -0.05) is 32.6 Å². The molecule has 0 atom stereocenters. The summed E-state index contributed by atoms with van der Waals surface area (Å²) in [5, 5.41) is 9.64. The van der Waals surface area contributed by atoms with Crippen molar-refractivity contribution in [3.05, 3.63) is 21.9 Å². The molecule has 1 heterocycles. The summed E-state index contributed by atoms with van der Waals surface area (Å²) in [5.74, 6) is -0.587. The van der Waals surface area contributed by atoms with Crippen molar-refractivity contribution in [3.63, 3.8) is 0 Å². The van der Waals surface area contributed by atoms with Gasteiger partial charge < -0.3 is 5.11 Å². The number of hydrogen-bond acceptors (Lipinski definition) is 2. The third-order valence-electron chi connectivity index (χ3n) is 4.09. The first-order chi connectivity index (χ1) is 8.66. The Balaban J connectivity index is 2.16. The maximum absolute atomic E-state index is 11.7. The number of aliphatic carboxylic acids is 1. The minimum atomic E-state index is -0.587. The summed E-state index contributed by atoms with van der Waals surface area (Å²) < 4.78 is 0. The van der Waals surface area contributed by atoms with Crippen LogP contribution < -0.4 is 0 Å². The van der Waals surface area contributed by atoms with Crippen LogP contribution in [-0.4, -0.2) is 11.1 Å². The molecule has 1 fully saturated rings. The predicted molar refractivity (Wildman–Crippen MR) is 75.2 cm³/mol. The molecule has 1 aromatic rings. The summed E-state index contributed by atoms with van der Waals surface area (Å²) >= 11 is 1.79. The average Bonchev–Trinajstić information content (AvgIpc) is 2.66. The molecule has 0 aliphatic heterocycles. The summed E-state index contributed by atoms with van der Waals surface area (Å²) in [6.07, 6.45) is 8.00. The first-order valence-electron chi connectivity index (χ1n) is 6.97. The molecular weight excluding hydrogens is 244 g/mol. The summed E-state index contributed by atoms with van der Waals surface area (Å²) in [5.41, 5.74) is -0.494. The Bertz CT molecular complexity index is 400. The monoisotopic (exact) mass is 266 g/mol. The van der Waals surface area contributed by atoms with E-state index in [9.17, 15) is 9.90 Å². The van der Waals surface area contributed by atoms with Crippen LogP contribution >= 0.6 is 11.3 Å². The van der Waals surface area contributed by atoms with Gasteiger partial charge in [-0.15, -0.1) is 11.3 Å². The Kier molecular flexibility index (Phi) is 4.44. The first kappa shape index (κ1) is 13.6. The second kappa shape index (κ2) is 5.87. The summed E-state index contributed by atoms with van der Waals surface area (Å²) in [6.45, 7) is 2.15. The number of hydrogen-bond donors (Lipinski definition) is 1. The first-order valence-corrected chi connectivity index (χ1v) is 7.79. The van der Waals surface area contributed by atoms with E-state index in [0.717, 1.165) is 38.5 Å². The fourth-order valence-corrected chi connectivity index (χ4v) is 4.01. The largest absolute Gasteiger partial charge is 0.481 e. The third-order valence-corrected chi connectivity index (χ3v) is 5.32. The summed E-state index contributed by atoms with van der Waals surface area (Å²) in [4.78, 5) is 14.3. The van der Waals surface area contributed by atoms with Crippen LogP contribution in [-0.2, 0) is 17.6 Å². The molecule has 1 aliphatic carbocycles. The Morgan fingerprint density at radius 2 is 1.83 bits per heavy atom. The Hall–Kier alpha value is -0.830. The van der Waals surface area contributed by atoms with Crippen molar-refractivity contribution in [1.29, 1.82) is 0 Å². The Labute approximate surface area is 113 Å². The van der Waals surface area contributed by atoms with Crippen molar-refractivity contribution in [2.75, 3.05) is 0 Å². The number of thiophene rings is 1. The average molecular weight is 266 g/mol. The molecule has 1 aliphatic rings. The van der Waals surface area contributed by atoms with Crippen molar-refractivity contribution in [1.82, 2.24) is 0 Å². The number of rotatable bonds is 4. The Morgan fingerprint density at radius 1 is 1.22 bits per heavy atom. The number of aryl methyl sites for hydroxylation is 1. The van der Waals surface area contributed by atoms with Crippen LogP contribution in [0.1, 0.15) is 55.2 Å². The maximum atomic E-state index is 11.7. The lowest BCUT2D eigenvalue weighted by Crippen LogP contribution is -2.32. The summed E-state index contributed by atoms with van der Waals surface area (Å²) in [6, 6.07) is 4.27. The highest BCUT2D eigenvalue weighted by Crippen LogP contribution is 2.39. The van der Waals surface area contributed by atoms with Gasteiger partial charge in [-0.05, 0) is 37.8 Å². The molecule has 0 unspecified atom stereocenters. The van der Waals surface area contributed by atoms with Gasteiger partial charge in [-0.25, -0.2) is 0 Å². The van der Waals surface area contributed by atoms with Gasteiger partial charge in [0.1, 0.15) is 0 Å². The van der Waals surface area contributed by atoms with Crippen molar-refractivity contribution in [2.24, 2.45) is 5.41 Å². The van der Waals surface area contributed by atoms with E-state index in [1.54, 1.807) is 11.3 Å². The topological polar surface area (TPSA) is 37.3 Å². The molecule has 2 rings (SSSR count). The maximum Gasteiger partial charge on any atom is 0.309 e. The van der Waals surface area contributed by atoms with E-state index in [1.165, 1.54) is 22.6 Å². The van der Waals surface area contributed by atoms with E-state index in [0.29, 0.717) is 0 Å². The SMILES string of the molecule is CCc1ccc(CC2(C(=O)O)CCCCCC2)s1. The fraction of sp³-hybridized carbons (Fsp3) is 0.667. The highest BCUT2D eigenvalue weighted by Gasteiger charge is 2.38. The van der Waals surface area contributed by atoms with E-state index in [1.807, 2.05) is 0 Å². The molecule has 18 heavy (non-hydrogen) atoms. The van der Waals surface area contributed by atoms with Crippen LogP contribution in [0.15, 0.2) is 12.1 Å². The van der Waals surface area contributed by atoms with Gasteiger partial charge in [0.2, 0.25) is 0 Å². The fourth-order valence-electron chi connectivity index (χ4n) is 2.91. The zero-order valence-electron chi connectivity index (χ0n) is 11.1. The molecule has 1 saturated carbocycles. The molecule has 1 aromatic heterocycles. The third kappa shape index (κ3) is 2.94. The van der Waals surface area contributed by atoms with E-state index in [2.05, 4.69) is 19.1 Å². The highest BCUT2D eigenvalue weighted by atomic mass is 32.1. The lowest BCUT2D eigenvalue weighted by molar-refractivity contribution is -0.149.